The zero-order chi connectivity index (χ0) is 26.0. The van der Waals surface area contributed by atoms with E-state index in [-0.39, 0.29) is 34.9 Å². The molecule has 1 heterocycles. The molecule has 1 aliphatic rings. The minimum atomic E-state index is -2.50. The average molecular weight is 486 g/mol. The number of aryl methyl sites for hydroxylation is 1. The Morgan fingerprint density at radius 1 is 0.944 bits per heavy atom. The molecule has 184 valence electrons. The van der Waals surface area contributed by atoms with Crippen LogP contribution in [0.4, 0.5) is 5.69 Å². The number of carbonyl (C=O) groups excluding carboxylic acids is 4. The fourth-order valence-corrected chi connectivity index (χ4v) is 4.49. The molecule has 0 aromatic heterocycles. The van der Waals surface area contributed by atoms with E-state index >= 15 is 0 Å². The van der Waals surface area contributed by atoms with Crippen molar-refractivity contribution in [2.75, 3.05) is 11.5 Å². The molecule has 1 aliphatic heterocycles. The number of carbonyl (C=O) groups is 4. The van der Waals surface area contributed by atoms with Crippen LogP contribution in [0.1, 0.15) is 64.1 Å². The predicted octanol–water partition coefficient (Wildman–Crippen LogP) is 4.92. The molecule has 7 heteroatoms. The summed E-state index contributed by atoms with van der Waals surface area (Å²) in [4.78, 5) is 55.3. The second-order valence-corrected chi connectivity index (χ2v) is 8.84. The third-order valence-corrected chi connectivity index (χ3v) is 6.20. The van der Waals surface area contributed by atoms with Crippen LogP contribution < -0.4 is 4.90 Å². The minimum Gasteiger partial charge on any atom is -0.462 e. The van der Waals surface area contributed by atoms with E-state index in [9.17, 15) is 19.2 Å². The molecule has 0 saturated carbocycles. The van der Waals surface area contributed by atoms with Gasteiger partial charge in [0.05, 0.1) is 17.9 Å². The average Bonchev–Trinajstić information content (AvgIpc) is 2.87. The zero-order valence-corrected chi connectivity index (χ0v) is 20.6. The SMILES string of the molecule is CCOC(=O)C1(OC(=O)c2ccccc2)C(=O)N(c2ccc(C(C)C)c(C)c2)C(=O)c2ccccc21. The molecule has 0 N–H and O–H groups in total. The van der Waals surface area contributed by atoms with Crippen LogP contribution in [-0.4, -0.2) is 30.4 Å². The first kappa shape index (κ1) is 24.9. The molecule has 36 heavy (non-hydrogen) atoms. The van der Waals surface area contributed by atoms with Crippen molar-refractivity contribution in [2.45, 2.75) is 39.2 Å². The topological polar surface area (TPSA) is 90.0 Å². The maximum absolute atomic E-state index is 14.2. The van der Waals surface area contributed by atoms with Crippen molar-refractivity contribution in [1.29, 1.82) is 0 Å². The Balaban J connectivity index is 1.93. The molecule has 0 fully saturated rings. The van der Waals surface area contributed by atoms with Crippen LogP contribution in [0.5, 0.6) is 0 Å². The van der Waals surface area contributed by atoms with E-state index in [0.717, 1.165) is 16.0 Å². The highest BCUT2D eigenvalue weighted by atomic mass is 16.6. The van der Waals surface area contributed by atoms with E-state index in [1.807, 2.05) is 26.8 Å². The fraction of sp³-hybridized carbons (Fsp3) is 0.241. The number of amides is 2. The first-order chi connectivity index (χ1) is 17.2. The summed E-state index contributed by atoms with van der Waals surface area (Å²) in [5, 5.41) is 0. The van der Waals surface area contributed by atoms with E-state index in [0.29, 0.717) is 0 Å². The van der Waals surface area contributed by atoms with Crippen LogP contribution >= 0.6 is 0 Å². The fourth-order valence-electron chi connectivity index (χ4n) is 4.49. The largest absolute Gasteiger partial charge is 0.462 e. The molecule has 1 unspecified atom stereocenters. The van der Waals surface area contributed by atoms with E-state index in [2.05, 4.69) is 0 Å². The summed E-state index contributed by atoms with van der Waals surface area (Å²) in [5.74, 6) is -3.36. The van der Waals surface area contributed by atoms with Gasteiger partial charge in [-0.15, -0.1) is 0 Å². The summed E-state index contributed by atoms with van der Waals surface area (Å²) in [6.45, 7) is 7.50. The number of hydrogen-bond donors (Lipinski definition) is 0. The number of fused-ring (bicyclic) bond motifs is 1. The molecular weight excluding hydrogens is 458 g/mol. The Hall–Kier alpha value is -4.26. The highest BCUT2D eigenvalue weighted by molar-refractivity contribution is 6.32. The maximum Gasteiger partial charge on any atom is 0.365 e. The smallest absolute Gasteiger partial charge is 0.365 e. The molecule has 3 aromatic carbocycles. The van der Waals surface area contributed by atoms with Crippen molar-refractivity contribution in [1.82, 2.24) is 0 Å². The lowest BCUT2D eigenvalue weighted by Gasteiger charge is -2.39. The molecule has 2 amide bonds. The first-order valence-electron chi connectivity index (χ1n) is 11.8. The number of esters is 2. The lowest BCUT2D eigenvalue weighted by atomic mass is 9.83. The van der Waals surface area contributed by atoms with Gasteiger partial charge >= 0.3 is 17.5 Å². The van der Waals surface area contributed by atoms with Gasteiger partial charge in [-0.05, 0) is 61.2 Å². The van der Waals surface area contributed by atoms with Crippen molar-refractivity contribution >= 4 is 29.4 Å². The molecular formula is C29H27NO6. The third kappa shape index (κ3) is 4.06. The highest BCUT2D eigenvalue weighted by Gasteiger charge is 2.61. The van der Waals surface area contributed by atoms with Crippen LogP contribution in [0.15, 0.2) is 72.8 Å². The number of benzene rings is 3. The van der Waals surface area contributed by atoms with Gasteiger partial charge in [0.15, 0.2) is 0 Å². The number of nitrogens with zero attached hydrogens (tertiary/aromatic N) is 1. The molecule has 0 aliphatic carbocycles. The number of imide groups is 1. The molecule has 0 spiro atoms. The minimum absolute atomic E-state index is 0.0329. The predicted molar refractivity (Wildman–Crippen MR) is 134 cm³/mol. The molecule has 0 bridgehead atoms. The van der Waals surface area contributed by atoms with Crippen molar-refractivity contribution in [3.63, 3.8) is 0 Å². The van der Waals surface area contributed by atoms with Gasteiger partial charge in [-0.25, -0.2) is 14.5 Å². The normalized spacial score (nSPS) is 17.1. The van der Waals surface area contributed by atoms with Crippen molar-refractivity contribution < 1.29 is 28.7 Å². The summed E-state index contributed by atoms with van der Waals surface area (Å²) in [6, 6.07) is 19.4. The molecule has 1 atom stereocenters. The molecule has 0 saturated heterocycles. The van der Waals surface area contributed by atoms with Crippen molar-refractivity contribution in [3.8, 4) is 0 Å². The Labute approximate surface area is 209 Å². The second-order valence-electron chi connectivity index (χ2n) is 8.84. The Kier molecular flexibility index (Phi) is 6.75. The van der Waals surface area contributed by atoms with E-state index in [1.165, 1.54) is 24.3 Å². The van der Waals surface area contributed by atoms with Crippen LogP contribution in [0.3, 0.4) is 0 Å². The lowest BCUT2D eigenvalue weighted by Crippen LogP contribution is -2.61. The maximum atomic E-state index is 14.2. The van der Waals surface area contributed by atoms with Crippen LogP contribution in [-0.2, 0) is 24.7 Å². The van der Waals surface area contributed by atoms with Gasteiger partial charge in [0.2, 0.25) is 0 Å². The number of ether oxygens (including phenoxy) is 2. The summed E-state index contributed by atoms with van der Waals surface area (Å²) in [7, 11) is 0. The number of hydrogen-bond acceptors (Lipinski definition) is 6. The zero-order valence-electron chi connectivity index (χ0n) is 20.6. The number of anilines is 1. The second kappa shape index (κ2) is 9.77. The van der Waals surface area contributed by atoms with Gasteiger partial charge in [0.1, 0.15) is 0 Å². The molecule has 0 radical (unpaired) electrons. The van der Waals surface area contributed by atoms with Crippen LogP contribution in [0.2, 0.25) is 0 Å². The van der Waals surface area contributed by atoms with Gasteiger partial charge in [-0.1, -0.05) is 56.3 Å². The summed E-state index contributed by atoms with van der Waals surface area (Å²) >= 11 is 0. The third-order valence-electron chi connectivity index (χ3n) is 6.20. The molecule has 3 aromatic rings. The van der Waals surface area contributed by atoms with Gasteiger partial charge < -0.3 is 9.47 Å². The summed E-state index contributed by atoms with van der Waals surface area (Å²) in [5.41, 5.74) is -0.116. The lowest BCUT2D eigenvalue weighted by molar-refractivity contribution is -0.172. The number of rotatable bonds is 6. The standard InChI is InChI=1S/C29H27NO6/c1-5-35-28(34)29(36-26(32)20-11-7-6-8-12-20)24-14-10-9-13-23(24)25(31)30(27(29)33)21-15-16-22(18(2)3)19(4)17-21/h6-18H,5H2,1-4H3. The van der Waals surface area contributed by atoms with Gasteiger partial charge in [-0.2, -0.15) is 0 Å². The van der Waals surface area contributed by atoms with E-state index in [4.69, 9.17) is 9.47 Å². The Morgan fingerprint density at radius 3 is 2.25 bits per heavy atom. The molecule has 4 rings (SSSR count). The van der Waals surface area contributed by atoms with Gasteiger partial charge in [-0.3, -0.25) is 9.59 Å². The Bertz CT molecular complexity index is 1350. The quantitative estimate of drug-likeness (QED) is 0.280. The monoisotopic (exact) mass is 485 g/mol. The Morgan fingerprint density at radius 2 is 1.61 bits per heavy atom. The van der Waals surface area contributed by atoms with Crippen molar-refractivity contribution in [3.05, 3.63) is 101 Å². The highest BCUT2D eigenvalue weighted by Crippen LogP contribution is 2.40. The van der Waals surface area contributed by atoms with Gasteiger partial charge in [0.25, 0.3) is 11.8 Å². The molecule has 7 nitrogen and oxygen atoms in total. The summed E-state index contributed by atoms with van der Waals surface area (Å²) in [6.07, 6.45) is 0. The van der Waals surface area contributed by atoms with E-state index in [1.54, 1.807) is 49.4 Å². The van der Waals surface area contributed by atoms with Crippen LogP contribution in [0, 0.1) is 6.92 Å². The van der Waals surface area contributed by atoms with Crippen molar-refractivity contribution in [2.24, 2.45) is 0 Å². The first-order valence-corrected chi connectivity index (χ1v) is 11.8. The summed E-state index contributed by atoms with van der Waals surface area (Å²) < 4.78 is 11.0. The van der Waals surface area contributed by atoms with Crippen LogP contribution in [0.25, 0.3) is 0 Å². The van der Waals surface area contributed by atoms with Gasteiger partial charge in [0, 0.05) is 11.1 Å². The van der Waals surface area contributed by atoms with E-state index < -0.39 is 29.4 Å².